The third-order valence-corrected chi connectivity index (χ3v) is 3.32. The van der Waals surface area contributed by atoms with Crippen molar-refractivity contribution in [1.82, 2.24) is 4.90 Å². The first kappa shape index (κ1) is 13.9. The molecule has 3 heteroatoms. The van der Waals surface area contributed by atoms with Crippen LogP contribution in [0, 0.1) is 0 Å². The quantitative estimate of drug-likeness (QED) is 0.715. The average molecular weight is 276 g/mol. The molecule has 0 unspecified atom stereocenters. The summed E-state index contributed by atoms with van der Waals surface area (Å²) in [6.45, 7) is 1.05. The molecule has 0 atom stereocenters. The van der Waals surface area contributed by atoms with Crippen LogP contribution in [0.3, 0.4) is 0 Å². The fourth-order valence-electron chi connectivity index (χ4n) is 2.40. The predicted octanol–water partition coefficient (Wildman–Crippen LogP) is 4.11. The lowest BCUT2D eigenvalue weighted by Crippen LogP contribution is -2.15. The Hall–Kier alpha value is -1.51. The van der Waals surface area contributed by atoms with Gasteiger partial charge in [-0.15, -0.1) is 12.4 Å². The summed E-state index contributed by atoms with van der Waals surface area (Å²) in [6, 6.07) is 14.6. The maximum atomic E-state index is 5.89. The van der Waals surface area contributed by atoms with Gasteiger partial charge in [0.2, 0.25) is 0 Å². The van der Waals surface area contributed by atoms with Gasteiger partial charge in [-0.05, 0) is 38.2 Å². The van der Waals surface area contributed by atoms with Gasteiger partial charge in [0, 0.05) is 17.3 Å². The van der Waals surface area contributed by atoms with Crippen LogP contribution in [-0.2, 0) is 6.42 Å². The van der Waals surface area contributed by atoms with E-state index in [2.05, 4.69) is 49.3 Å². The van der Waals surface area contributed by atoms with E-state index in [1.807, 2.05) is 12.1 Å². The highest BCUT2D eigenvalue weighted by Crippen LogP contribution is 2.31. The second-order valence-electron chi connectivity index (χ2n) is 4.94. The van der Waals surface area contributed by atoms with E-state index in [9.17, 15) is 0 Å². The Morgan fingerprint density at radius 1 is 0.947 bits per heavy atom. The summed E-state index contributed by atoms with van der Waals surface area (Å²) in [7, 11) is 4.21. The maximum Gasteiger partial charge on any atom is 0.135 e. The van der Waals surface area contributed by atoms with E-state index < -0.39 is 0 Å². The van der Waals surface area contributed by atoms with Gasteiger partial charge in [-0.1, -0.05) is 30.3 Å². The number of halogens is 1. The van der Waals surface area contributed by atoms with Gasteiger partial charge < -0.3 is 9.32 Å². The fourth-order valence-corrected chi connectivity index (χ4v) is 2.40. The minimum atomic E-state index is 0. The molecule has 0 amide bonds. The molecule has 19 heavy (non-hydrogen) atoms. The summed E-state index contributed by atoms with van der Waals surface area (Å²) in [6.07, 6.45) is 1.05. The Labute approximate surface area is 119 Å². The summed E-state index contributed by atoms with van der Waals surface area (Å²) in [5.74, 6) is 0. The van der Waals surface area contributed by atoms with Crippen molar-refractivity contribution in [3.8, 4) is 0 Å². The molecule has 0 aliphatic heterocycles. The third kappa shape index (κ3) is 2.60. The minimum Gasteiger partial charge on any atom is -0.456 e. The summed E-state index contributed by atoms with van der Waals surface area (Å²) in [4.78, 5) is 2.21. The summed E-state index contributed by atoms with van der Waals surface area (Å²) < 4.78 is 5.89. The van der Waals surface area contributed by atoms with Crippen LogP contribution in [-0.4, -0.2) is 25.5 Å². The Balaban J connectivity index is 0.00000133. The molecular formula is C16H18ClNO. The predicted molar refractivity (Wildman–Crippen MR) is 83.2 cm³/mol. The van der Waals surface area contributed by atoms with E-state index >= 15 is 0 Å². The van der Waals surface area contributed by atoms with E-state index in [0.29, 0.717) is 0 Å². The standard InChI is InChI=1S/C16H17NO.ClH/c1-17(2)11-10-12-6-5-9-15-16(12)13-7-3-4-8-14(13)18-15;/h3-9H,10-11H2,1-2H3;1H. The molecule has 3 aromatic rings. The molecular weight excluding hydrogens is 258 g/mol. The number of fused-ring (bicyclic) bond motifs is 3. The smallest absolute Gasteiger partial charge is 0.135 e. The molecule has 0 N–H and O–H groups in total. The number of likely N-dealkylation sites (N-methyl/N-ethyl adjacent to an activating group) is 1. The number of rotatable bonds is 3. The molecule has 2 nitrogen and oxygen atoms in total. The van der Waals surface area contributed by atoms with Gasteiger partial charge in [0.15, 0.2) is 0 Å². The minimum absolute atomic E-state index is 0. The van der Waals surface area contributed by atoms with Crippen molar-refractivity contribution >= 4 is 34.3 Å². The Bertz CT molecular complexity index is 687. The van der Waals surface area contributed by atoms with Gasteiger partial charge in [-0.3, -0.25) is 0 Å². The van der Waals surface area contributed by atoms with Gasteiger partial charge in [0.25, 0.3) is 0 Å². The normalized spacial score (nSPS) is 11.1. The highest BCUT2D eigenvalue weighted by atomic mass is 35.5. The monoisotopic (exact) mass is 275 g/mol. The molecule has 1 heterocycles. The van der Waals surface area contributed by atoms with E-state index in [1.165, 1.54) is 16.3 Å². The van der Waals surface area contributed by atoms with Crippen LogP contribution in [0.25, 0.3) is 21.9 Å². The largest absolute Gasteiger partial charge is 0.456 e. The average Bonchev–Trinajstić information content (AvgIpc) is 2.75. The van der Waals surface area contributed by atoms with Crippen LogP contribution in [0.5, 0.6) is 0 Å². The summed E-state index contributed by atoms with van der Waals surface area (Å²) in [5, 5.41) is 2.50. The molecule has 3 rings (SSSR count). The second kappa shape index (κ2) is 5.64. The van der Waals surface area contributed by atoms with E-state index in [-0.39, 0.29) is 12.4 Å². The fraction of sp³-hybridized carbons (Fsp3) is 0.250. The lowest BCUT2D eigenvalue weighted by atomic mass is 10.0. The number of hydrogen-bond donors (Lipinski definition) is 0. The van der Waals surface area contributed by atoms with Gasteiger partial charge in [-0.2, -0.15) is 0 Å². The van der Waals surface area contributed by atoms with Crippen molar-refractivity contribution in [2.24, 2.45) is 0 Å². The number of para-hydroxylation sites is 1. The first-order chi connectivity index (χ1) is 8.75. The van der Waals surface area contributed by atoms with Crippen molar-refractivity contribution in [3.63, 3.8) is 0 Å². The van der Waals surface area contributed by atoms with Crippen LogP contribution < -0.4 is 0 Å². The molecule has 0 aliphatic carbocycles. The zero-order chi connectivity index (χ0) is 12.5. The SMILES string of the molecule is CN(C)CCc1cccc2oc3ccccc3c12.Cl. The molecule has 0 radical (unpaired) electrons. The summed E-state index contributed by atoms with van der Waals surface area (Å²) >= 11 is 0. The lowest BCUT2D eigenvalue weighted by Gasteiger charge is -2.09. The lowest BCUT2D eigenvalue weighted by molar-refractivity contribution is 0.414. The van der Waals surface area contributed by atoms with Crippen molar-refractivity contribution < 1.29 is 4.42 Å². The van der Waals surface area contributed by atoms with Crippen molar-refractivity contribution in [2.75, 3.05) is 20.6 Å². The van der Waals surface area contributed by atoms with Gasteiger partial charge in [0.05, 0.1) is 0 Å². The molecule has 1 aromatic heterocycles. The first-order valence-corrected chi connectivity index (χ1v) is 6.29. The molecule has 0 saturated heterocycles. The molecule has 0 fully saturated rings. The number of benzene rings is 2. The van der Waals surface area contributed by atoms with Crippen molar-refractivity contribution in [1.29, 1.82) is 0 Å². The molecule has 100 valence electrons. The van der Waals surface area contributed by atoms with Crippen LogP contribution in [0.1, 0.15) is 5.56 Å². The van der Waals surface area contributed by atoms with Crippen LogP contribution in [0.2, 0.25) is 0 Å². The topological polar surface area (TPSA) is 16.4 Å². The Kier molecular flexibility index (Phi) is 4.13. The number of nitrogens with zero attached hydrogens (tertiary/aromatic N) is 1. The van der Waals surface area contributed by atoms with Crippen molar-refractivity contribution in [2.45, 2.75) is 6.42 Å². The number of hydrogen-bond acceptors (Lipinski definition) is 2. The number of furan rings is 1. The van der Waals surface area contributed by atoms with Crippen molar-refractivity contribution in [3.05, 3.63) is 48.0 Å². The second-order valence-corrected chi connectivity index (χ2v) is 4.94. The zero-order valence-electron chi connectivity index (χ0n) is 11.2. The Morgan fingerprint density at radius 3 is 2.47 bits per heavy atom. The van der Waals surface area contributed by atoms with Crippen LogP contribution in [0.15, 0.2) is 46.9 Å². The van der Waals surface area contributed by atoms with Crippen LogP contribution in [0.4, 0.5) is 0 Å². The van der Waals surface area contributed by atoms with Gasteiger partial charge in [0.1, 0.15) is 11.2 Å². The molecule has 2 aromatic carbocycles. The highest BCUT2D eigenvalue weighted by Gasteiger charge is 2.10. The molecule has 0 saturated carbocycles. The van der Waals surface area contributed by atoms with E-state index in [1.54, 1.807) is 0 Å². The summed E-state index contributed by atoms with van der Waals surface area (Å²) in [5.41, 5.74) is 3.34. The first-order valence-electron chi connectivity index (χ1n) is 6.29. The Morgan fingerprint density at radius 2 is 1.68 bits per heavy atom. The zero-order valence-corrected chi connectivity index (χ0v) is 12.0. The van der Waals surface area contributed by atoms with Gasteiger partial charge >= 0.3 is 0 Å². The molecule has 0 spiro atoms. The molecule has 0 aliphatic rings. The molecule has 0 bridgehead atoms. The highest BCUT2D eigenvalue weighted by molar-refractivity contribution is 6.06. The maximum absolute atomic E-state index is 5.89. The van der Waals surface area contributed by atoms with Gasteiger partial charge in [-0.25, -0.2) is 0 Å². The van der Waals surface area contributed by atoms with Crippen LogP contribution >= 0.6 is 12.4 Å². The van der Waals surface area contributed by atoms with E-state index in [0.717, 1.165) is 24.1 Å². The van der Waals surface area contributed by atoms with E-state index in [4.69, 9.17) is 4.42 Å². The third-order valence-electron chi connectivity index (χ3n) is 3.32.